The highest BCUT2D eigenvalue weighted by Crippen LogP contribution is 2.38. The Morgan fingerprint density at radius 2 is 1.79 bits per heavy atom. The molecule has 200 valence electrons. The van der Waals surface area contributed by atoms with Gasteiger partial charge in [0.25, 0.3) is 5.91 Å². The van der Waals surface area contributed by atoms with Crippen molar-refractivity contribution in [1.29, 1.82) is 0 Å². The molecule has 3 aromatic rings. The molecule has 1 aliphatic rings. The second kappa shape index (κ2) is 10.8. The van der Waals surface area contributed by atoms with E-state index in [2.05, 4.69) is 39.5 Å². The van der Waals surface area contributed by atoms with Crippen LogP contribution in [0.1, 0.15) is 64.3 Å². The Morgan fingerprint density at radius 1 is 1.08 bits per heavy atom. The fourth-order valence-corrected chi connectivity index (χ4v) is 5.65. The van der Waals surface area contributed by atoms with Crippen molar-refractivity contribution in [3.05, 3.63) is 105 Å². The number of carbonyl (C=O) groups is 2. The summed E-state index contributed by atoms with van der Waals surface area (Å²) in [7, 11) is 0. The third-order valence-corrected chi connectivity index (χ3v) is 7.77. The first kappa shape index (κ1) is 27.6. The van der Waals surface area contributed by atoms with Gasteiger partial charge in [-0.2, -0.15) is 13.2 Å². The van der Waals surface area contributed by atoms with Gasteiger partial charge in [-0.1, -0.05) is 57.2 Å². The highest BCUT2D eigenvalue weighted by molar-refractivity contribution is 7.10. The molecule has 4 rings (SSSR count). The lowest BCUT2D eigenvalue weighted by Gasteiger charge is -2.37. The van der Waals surface area contributed by atoms with Crippen molar-refractivity contribution >= 4 is 23.2 Å². The highest BCUT2D eigenvalue weighted by atomic mass is 32.1. The minimum atomic E-state index is -4.57. The first-order valence-corrected chi connectivity index (χ1v) is 13.3. The zero-order valence-corrected chi connectivity index (χ0v) is 22.5. The van der Waals surface area contributed by atoms with Gasteiger partial charge in [-0.25, -0.2) is 0 Å². The Labute approximate surface area is 225 Å². The van der Waals surface area contributed by atoms with Crippen LogP contribution in [0.5, 0.6) is 0 Å². The van der Waals surface area contributed by atoms with Crippen molar-refractivity contribution in [3.63, 3.8) is 0 Å². The topological polar surface area (TPSA) is 40.6 Å². The molecule has 1 unspecified atom stereocenters. The maximum Gasteiger partial charge on any atom is 0.416 e. The molecule has 4 nitrogen and oxygen atoms in total. The number of hydrogen-bond acceptors (Lipinski definition) is 3. The molecule has 0 saturated carbocycles. The maximum absolute atomic E-state index is 13.7. The van der Waals surface area contributed by atoms with Gasteiger partial charge in [0.2, 0.25) is 5.91 Å². The fraction of sp³-hybridized carbons (Fsp3) is 0.333. The number of carbonyl (C=O) groups excluding carboxylic acids is 2. The van der Waals surface area contributed by atoms with Gasteiger partial charge >= 0.3 is 6.18 Å². The predicted octanol–water partition coefficient (Wildman–Crippen LogP) is 6.87. The van der Waals surface area contributed by atoms with Crippen LogP contribution in [0.3, 0.4) is 0 Å². The third-order valence-electron chi connectivity index (χ3n) is 6.78. The molecule has 2 amide bonds. The number of hydrogen-bond donors (Lipinski definition) is 0. The third kappa shape index (κ3) is 5.85. The number of halogens is 3. The minimum Gasteiger partial charge on any atom is -0.330 e. The van der Waals surface area contributed by atoms with Gasteiger partial charge in [0, 0.05) is 23.5 Å². The lowest BCUT2D eigenvalue weighted by Crippen LogP contribution is -2.46. The molecule has 0 N–H and O–H groups in total. The van der Waals surface area contributed by atoms with Gasteiger partial charge in [0.15, 0.2) is 0 Å². The van der Waals surface area contributed by atoms with Crippen LogP contribution in [-0.4, -0.2) is 41.2 Å². The number of amides is 2. The summed E-state index contributed by atoms with van der Waals surface area (Å²) in [5.74, 6) is -0.919. The summed E-state index contributed by atoms with van der Waals surface area (Å²) < 4.78 is 39.7. The molecule has 8 heteroatoms. The van der Waals surface area contributed by atoms with Crippen LogP contribution in [0, 0.1) is 0 Å². The van der Waals surface area contributed by atoms with E-state index in [0.29, 0.717) is 13.0 Å². The first-order valence-electron chi connectivity index (χ1n) is 12.4. The van der Waals surface area contributed by atoms with E-state index in [0.717, 1.165) is 23.3 Å². The van der Waals surface area contributed by atoms with Gasteiger partial charge in [-0.05, 0) is 58.2 Å². The zero-order chi connectivity index (χ0) is 27.7. The van der Waals surface area contributed by atoms with Crippen LogP contribution in [0.15, 0.2) is 72.6 Å². The molecule has 2 aromatic carbocycles. The second-order valence-corrected chi connectivity index (χ2v) is 11.5. The van der Waals surface area contributed by atoms with E-state index < -0.39 is 17.6 Å². The van der Waals surface area contributed by atoms with Crippen molar-refractivity contribution in [1.82, 2.24) is 9.80 Å². The molecule has 2 heterocycles. The van der Waals surface area contributed by atoms with Crippen molar-refractivity contribution in [2.75, 3.05) is 19.6 Å². The summed E-state index contributed by atoms with van der Waals surface area (Å²) >= 11 is 1.66. The molecule has 1 atom stereocenters. The summed E-state index contributed by atoms with van der Waals surface area (Å²) in [6.45, 7) is 10.3. The normalized spacial score (nSPS) is 15.6. The maximum atomic E-state index is 13.7. The number of nitrogens with zero attached hydrogens (tertiary/aromatic N) is 2. The molecule has 0 saturated heterocycles. The van der Waals surface area contributed by atoms with E-state index in [4.69, 9.17) is 0 Å². The number of benzene rings is 2. The number of rotatable bonds is 6. The quantitative estimate of drug-likeness (QED) is 0.320. The largest absolute Gasteiger partial charge is 0.416 e. The van der Waals surface area contributed by atoms with Crippen LogP contribution in [-0.2, 0) is 22.8 Å². The van der Waals surface area contributed by atoms with Crippen molar-refractivity contribution in [2.24, 2.45) is 0 Å². The van der Waals surface area contributed by atoms with Gasteiger partial charge in [0.1, 0.15) is 6.54 Å². The van der Waals surface area contributed by atoms with Crippen LogP contribution >= 0.6 is 11.3 Å². The van der Waals surface area contributed by atoms with E-state index in [1.165, 1.54) is 33.5 Å². The summed E-state index contributed by atoms with van der Waals surface area (Å²) in [4.78, 5) is 31.2. The Morgan fingerprint density at radius 3 is 2.42 bits per heavy atom. The van der Waals surface area contributed by atoms with Gasteiger partial charge in [-0.3, -0.25) is 9.59 Å². The molecular weight excluding hydrogens is 509 g/mol. The molecule has 1 aliphatic heterocycles. The SMILES string of the molecule is C=CCN(CC(=O)N1CCc2sccc2C1c1ccc(C(C)(C)C)cc1)C(=O)c1cccc(C(F)(F)F)c1. The van der Waals surface area contributed by atoms with E-state index >= 15 is 0 Å². The Hall–Kier alpha value is -3.39. The molecule has 1 aromatic heterocycles. The van der Waals surface area contributed by atoms with Gasteiger partial charge < -0.3 is 9.80 Å². The smallest absolute Gasteiger partial charge is 0.330 e. The molecule has 0 spiro atoms. The lowest BCUT2D eigenvalue weighted by molar-refractivity contribution is -0.137. The second-order valence-electron chi connectivity index (χ2n) is 10.5. The van der Waals surface area contributed by atoms with Gasteiger partial charge in [0.05, 0.1) is 11.6 Å². The number of alkyl halides is 3. The van der Waals surface area contributed by atoms with E-state index in [-0.39, 0.29) is 36.0 Å². The van der Waals surface area contributed by atoms with Crippen LogP contribution in [0.2, 0.25) is 0 Å². The Bertz CT molecular complexity index is 1320. The van der Waals surface area contributed by atoms with Crippen LogP contribution in [0.4, 0.5) is 13.2 Å². The molecule has 0 radical (unpaired) electrons. The van der Waals surface area contributed by atoms with Crippen molar-refractivity contribution < 1.29 is 22.8 Å². The molecule has 0 aliphatic carbocycles. The van der Waals surface area contributed by atoms with Crippen molar-refractivity contribution in [3.8, 4) is 0 Å². The summed E-state index contributed by atoms with van der Waals surface area (Å²) in [5, 5.41) is 2.02. The average Bonchev–Trinajstić information content (AvgIpc) is 3.35. The minimum absolute atomic E-state index is 0.0108. The molecular formula is C30H31F3N2O2S. The average molecular weight is 541 g/mol. The van der Waals surface area contributed by atoms with Gasteiger partial charge in [-0.15, -0.1) is 17.9 Å². The monoisotopic (exact) mass is 540 g/mol. The molecule has 0 fully saturated rings. The zero-order valence-electron chi connectivity index (χ0n) is 21.7. The summed E-state index contributed by atoms with van der Waals surface area (Å²) in [6.07, 6.45) is -2.40. The van der Waals surface area contributed by atoms with E-state index in [1.54, 1.807) is 16.2 Å². The molecule has 0 bridgehead atoms. The highest BCUT2D eigenvalue weighted by Gasteiger charge is 2.35. The first-order chi connectivity index (χ1) is 17.9. The Kier molecular flexibility index (Phi) is 7.83. The predicted molar refractivity (Wildman–Crippen MR) is 144 cm³/mol. The van der Waals surface area contributed by atoms with E-state index in [9.17, 15) is 22.8 Å². The number of fused-ring (bicyclic) bond motifs is 1. The summed E-state index contributed by atoms with van der Waals surface area (Å²) in [5.41, 5.74) is 2.19. The fourth-order valence-electron chi connectivity index (χ4n) is 4.75. The summed E-state index contributed by atoms with van der Waals surface area (Å²) in [6, 6.07) is 14.3. The van der Waals surface area contributed by atoms with Crippen molar-refractivity contribution in [2.45, 2.75) is 44.8 Å². The van der Waals surface area contributed by atoms with Crippen LogP contribution < -0.4 is 0 Å². The lowest BCUT2D eigenvalue weighted by atomic mass is 9.85. The van der Waals surface area contributed by atoms with E-state index in [1.807, 2.05) is 23.6 Å². The molecule has 38 heavy (non-hydrogen) atoms. The van der Waals surface area contributed by atoms with Crippen LogP contribution in [0.25, 0.3) is 0 Å². The Balaban J connectivity index is 1.62. The standard InChI is InChI=1S/C30H31F3N2O2S/c1-5-15-34(28(37)21-7-6-8-23(18-21)30(31,32)33)19-26(36)35-16-13-25-24(14-17-38-25)27(35)20-9-11-22(12-10-20)29(2,3)4/h5-12,14,17-18,27H,1,13,15-16,19H2,2-4H3. The number of thiophene rings is 1.